The lowest BCUT2D eigenvalue weighted by molar-refractivity contribution is 0.0951. The van der Waals surface area contributed by atoms with Gasteiger partial charge in [-0.05, 0) is 38.3 Å². The van der Waals surface area contributed by atoms with Crippen LogP contribution >= 0.6 is 11.6 Å². The van der Waals surface area contributed by atoms with Gasteiger partial charge in [-0.1, -0.05) is 17.7 Å². The van der Waals surface area contributed by atoms with Crippen LogP contribution < -0.4 is 15.5 Å². The maximum atomic E-state index is 13.8. The molecule has 1 amide bonds. The second-order valence-corrected chi connectivity index (χ2v) is 6.93. The van der Waals surface area contributed by atoms with Crippen LogP contribution in [-0.4, -0.2) is 42.1 Å². The lowest BCUT2D eigenvalue weighted by atomic mass is 10.1. The lowest BCUT2D eigenvalue weighted by Crippen LogP contribution is -2.31. The monoisotopic (exact) mass is 391 g/mol. The molecule has 0 bridgehead atoms. The average molecular weight is 392 g/mol. The molecule has 0 unspecified atom stereocenters. The minimum atomic E-state index is -0.638. The minimum absolute atomic E-state index is 0.0913. The quantitative estimate of drug-likeness (QED) is 0.738. The van der Waals surface area contributed by atoms with Crippen LogP contribution in [0.25, 0.3) is 0 Å². The highest BCUT2D eigenvalue weighted by atomic mass is 35.5. The predicted molar refractivity (Wildman–Crippen MR) is 105 cm³/mol. The third-order valence-corrected chi connectivity index (χ3v) is 4.72. The highest BCUT2D eigenvalue weighted by Crippen LogP contribution is 2.20. The molecule has 6 nitrogen and oxygen atoms in total. The molecule has 144 valence electrons. The van der Waals surface area contributed by atoms with Crippen molar-refractivity contribution in [1.29, 1.82) is 0 Å². The van der Waals surface area contributed by atoms with Crippen LogP contribution in [0, 0.1) is 12.7 Å². The first-order chi connectivity index (χ1) is 13.0. The van der Waals surface area contributed by atoms with Crippen molar-refractivity contribution in [2.24, 2.45) is 0 Å². The van der Waals surface area contributed by atoms with E-state index in [0.717, 1.165) is 24.6 Å². The van der Waals surface area contributed by atoms with E-state index in [4.69, 9.17) is 11.6 Å². The van der Waals surface area contributed by atoms with E-state index in [2.05, 4.69) is 25.5 Å². The zero-order valence-corrected chi connectivity index (χ0v) is 16.0. The predicted octanol–water partition coefficient (Wildman–Crippen LogP) is 3.41. The van der Waals surface area contributed by atoms with Crippen molar-refractivity contribution in [3.05, 3.63) is 46.4 Å². The molecule has 0 aliphatic carbocycles. The molecule has 1 aliphatic heterocycles. The number of carbonyl (C=O) groups is 1. The van der Waals surface area contributed by atoms with Gasteiger partial charge in [-0.2, -0.15) is 4.98 Å². The summed E-state index contributed by atoms with van der Waals surface area (Å²) in [6.45, 7) is 4.66. The van der Waals surface area contributed by atoms with Gasteiger partial charge in [0, 0.05) is 37.9 Å². The number of nitrogens with one attached hydrogen (secondary N) is 2. The van der Waals surface area contributed by atoms with E-state index >= 15 is 0 Å². The molecule has 2 aromatic rings. The van der Waals surface area contributed by atoms with Gasteiger partial charge in [-0.25, -0.2) is 9.37 Å². The third-order valence-electron chi connectivity index (χ3n) is 4.40. The summed E-state index contributed by atoms with van der Waals surface area (Å²) in [5, 5.41) is 5.85. The molecule has 0 radical (unpaired) electrons. The number of nitrogens with zero attached hydrogens (tertiary/aromatic N) is 3. The maximum Gasteiger partial charge on any atom is 0.255 e. The zero-order valence-electron chi connectivity index (χ0n) is 15.3. The van der Waals surface area contributed by atoms with Gasteiger partial charge in [0.15, 0.2) is 0 Å². The molecule has 1 fully saturated rings. The summed E-state index contributed by atoms with van der Waals surface area (Å²) < 4.78 is 13.8. The normalized spacial score (nSPS) is 14.1. The zero-order chi connectivity index (χ0) is 19.2. The summed E-state index contributed by atoms with van der Waals surface area (Å²) in [5.74, 6) is 0.265. The number of carbonyl (C=O) groups excluding carboxylic acids is 1. The van der Waals surface area contributed by atoms with Crippen LogP contribution in [0.2, 0.25) is 5.02 Å². The van der Waals surface area contributed by atoms with Gasteiger partial charge >= 0.3 is 0 Å². The van der Waals surface area contributed by atoms with Crippen molar-refractivity contribution in [3.8, 4) is 0 Å². The minimum Gasteiger partial charge on any atom is -0.356 e. The molecule has 1 aromatic heterocycles. The molecule has 0 atom stereocenters. The Bertz CT molecular complexity index is 790. The van der Waals surface area contributed by atoms with Crippen LogP contribution in [0.5, 0.6) is 0 Å². The van der Waals surface area contributed by atoms with Gasteiger partial charge in [0.05, 0.1) is 10.6 Å². The number of piperidine rings is 1. The number of rotatable bonds is 6. The molecule has 2 heterocycles. The molecule has 0 spiro atoms. The fourth-order valence-corrected chi connectivity index (χ4v) is 3.32. The molecule has 27 heavy (non-hydrogen) atoms. The summed E-state index contributed by atoms with van der Waals surface area (Å²) in [4.78, 5) is 23.3. The second-order valence-electron chi connectivity index (χ2n) is 6.52. The van der Waals surface area contributed by atoms with Crippen LogP contribution in [0.3, 0.4) is 0 Å². The van der Waals surface area contributed by atoms with Gasteiger partial charge in [0.1, 0.15) is 11.6 Å². The number of aryl methyl sites for hydroxylation is 1. The highest BCUT2D eigenvalue weighted by molar-refractivity contribution is 6.33. The summed E-state index contributed by atoms with van der Waals surface area (Å²) in [5.41, 5.74) is 0.744. The molecule has 3 rings (SSSR count). The lowest BCUT2D eigenvalue weighted by Gasteiger charge is -2.28. The molecular formula is C19H23ClFN5O. The van der Waals surface area contributed by atoms with Gasteiger partial charge in [-0.3, -0.25) is 4.79 Å². The van der Waals surface area contributed by atoms with Gasteiger partial charge in [0.2, 0.25) is 5.95 Å². The largest absolute Gasteiger partial charge is 0.356 e. The van der Waals surface area contributed by atoms with E-state index < -0.39 is 11.7 Å². The fraction of sp³-hybridized carbons (Fsp3) is 0.421. The first-order valence-electron chi connectivity index (χ1n) is 9.11. The molecule has 1 saturated heterocycles. The molecule has 1 aromatic carbocycles. The number of anilines is 2. The highest BCUT2D eigenvalue weighted by Gasteiger charge is 2.16. The van der Waals surface area contributed by atoms with E-state index in [1.54, 1.807) is 0 Å². The van der Waals surface area contributed by atoms with E-state index in [9.17, 15) is 9.18 Å². The number of hydrogen-bond donors (Lipinski definition) is 2. The van der Waals surface area contributed by atoms with E-state index in [1.807, 2.05) is 13.0 Å². The summed E-state index contributed by atoms with van der Waals surface area (Å²) >= 11 is 5.90. The number of amides is 1. The van der Waals surface area contributed by atoms with Gasteiger partial charge < -0.3 is 15.5 Å². The van der Waals surface area contributed by atoms with Crippen molar-refractivity contribution in [2.75, 3.05) is 36.4 Å². The smallest absolute Gasteiger partial charge is 0.255 e. The van der Waals surface area contributed by atoms with E-state index in [0.29, 0.717) is 19.0 Å². The third kappa shape index (κ3) is 5.07. The maximum absolute atomic E-state index is 13.8. The molecule has 1 aliphatic rings. The summed E-state index contributed by atoms with van der Waals surface area (Å²) in [6, 6.07) is 6.14. The first-order valence-corrected chi connectivity index (χ1v) is 9.49. The van der Waals surface area contributed by atoms with E-state index in [1.165, 1.54) is 37.5 Å². The fourth-order valence-electron chi connectivity index (χ4n) is 3.07. The standard InChI is InChI=1S/C19H23ClFN5O/c1-13-12-16(26-10-3-2-4-11-26)25-19(24-13)23-9-8-22-18(27)17-14(20)6-5-7-15(17)21/h5-7,12H,2-4,8-11H2,1H3,(H,22,27)(H,23,24,25). The van der Waals surface area contributed by atoms with Crippen LogP contribution in [-0.2, 0) is 0 Å². The van der Waals surface area contributed by atoms with Crippen molar-refractivity contribution in [2.45, 2.75) is 26.2 Å². The molecular weight excluding hydrogens is 369 g/mol. The van der Waals surface area contributed by atoms with Crippen LogP contribution in [0.15, 0.2) is 24.3 Å². The average Bonchev–Trinajstić information content (AvgIpc) is 2.65. The van der Waals surface area contributed by atoms with Crippen LogP contribution in [0.4, 0.5) is 16.2 Å². The molecule has 8 heteroatoms. The number of aromatic nitrogens is 2. The summed E-state index contributed by atoms with van der Waals surface area (Å²) in [7, 11) is 0. The Hall–Kier alpha value is -2.41. The van der Waals surface area contributed by atoms with Crippen LogP contribution in [0.1, 0.15) is 35.3 Å². The second kappa shape index (κ2) is 8.99. The Labute approximate surface area is 163 Å². The Morgan fingerprint density at radius 3 is 2.74 bits per heavy atom. The van der Waals surface area contributed by atoms with Crippen molar-refractivity contribution in [3.63, 3.8) is 0 Å². The van der Waals surface area contributed by atoms with Crippen molar-refractivity contribution in [1.82, 2.24) is 15.3 Å². The summed E-state index contributed by atoms with van der Waals surface area (Å²) in [6.07, 6.45) is 3.62. The van der Waals surface area contributed by atoms with Gasteiger partial charge in [0.25, 0.3) is 5.91 Å². The SMILES string of the molecule is Cc1cc(N2CCCCC2)nc(NCCNC(=O)c2c(F)cccc2Cl)n1. The molecule has 0 saturated carbocycles. The Kier molecular flexibility index (Phi) is 6.45. The number of halogens is 2. The molecule has 2 N–H and O–H groups in total. The van der Waals surface area contributed by atoms with E-state index in [-0.39, 0.29) is 10.6 Å². The topological polar surface area (TPSA) is 70.2 Å². The number of hydrogen-bond acceptors (Lipinski definition) is 5. The van der Waals surface area contributed by atoms with Crippen molar-refractivity contribution >= 4 is 29.3 Å². The Balaban J connectivity index is 1.54. The first kappa shape index (κ1) is 19.4. The number of benzene rings is 1. The Morgan fingerprint density at radius 1 is 1.22 bits per heavy atom. The Morgan fingerprint density at radius 2 is 2.00 bits per heavy atom. The van der Waals surface area contributed by atoms with Crippen molar-refractivity contribution < 1.29 is 9.18 Å². The van der Waals surface area contributed by atoms with Gasteiger partial charge in [-0.15, -0.1) is 0 Å².